The molecule has 0 N–H and O–H groups in total. The van der Waals surface area contributed by atoms with E-state index in [2.05, 4.69) is 19.7 Å². The normalized spacial score (nSPS) is 19.6. The second-order valence-corrected chi connectivity index (χ2v) is 7.30. The SMILES string of the molecule is CC(=O)c1ccc(N2CCC[C@H]2c2nnc3n2CCCCC3)c([N+](=O)[O-])c1. The predicted molar refractivity (Wildman–Crippen MR) is 100.0 cm³/mol. The molecule has 1 atom stereocenters. The quantitative estimate of drug-likeness (QED) is 0.465. The number of carbonyl (C=O) groups excluding carboxylic acids is 1. The van der Waals surface area contributed by atoms with Gasteiger partial charge < -0.3 is 9.47 Å². The van der Waals surface area contributed by atoms with Crippen LogP contribution in [0.2, 0.25) is 0 Å². The lowest BCUT2D eigenvalue weighted by atomic mass is 10.1. The Morgan fingerprint density at radius 3 is 2.81 bits per heavy atom. The van der Waals surface area contributed by atoms with Gasteiger partial charge in [-0.1, -0.05) is 6.42 Å². The van der Waals surface area contributed by atoms with Crippen molar-refractivity contribution in [3.05, 3.63) is 45.5 Å². The number of fused-ring (bicyclic) bond motifs is 1. The number of ketones is 1. The van der Waals surface area contributed by atoms with E-state index in [0.717, 1.165) is 56.8 Å². The molecule has 1 aromatic carbocycles. The van der Waals surface area contributed by atoms with Gasteiger partial charge in [-0.15, -0.1) is 10.2 Å². The lowest BCUT2D eigenvalue weighted by Crippen LogP contribution is -2.26. The summed E-state index contributed by atoms with van der Waals surface area (Å²) in [6.45, 7) is 3.06. The number of Topliss-reactive ketones (excluding diaryl/α,β-unsaturated/α-hetero) is 1. The summed E-state index contributed by atoms with van der Waals surface area (Å²) in [5.41, 5.74) is 0.890. The summed E-state index contributed by atoms with van der Waals surface area (Å²) in [6, 6.07) is 4.74. The molecule has 2 aliphatic rings. The Morgan fingerprint density at radius 2 is 2.04 bits per heavy atom. The van der Waals surface area contributed by atoms with Gasteiger partial charge in [0.2, 0.25) is 0 Å². The molecule has 1 saturated heterocycles. The average Bonchev–Trinajstić information content (AvgIpc) is 3.21. The minimum Gasteiger partial charge on any atom is -0.356 e. The molecule has 1 fully saturated rings. The van der Waals surface area contributed by atoms with E-state index in [-0.39, 0.29) is 17.5 Å². The molecule has 8 heteroatoms. The van der Waals surface area contributed by atoms with Crippen LogP contribution in [0.1, 0.15) is 67.1 Å². The number of hydrogen-bond acceptors (Lipinski definition) is 6. The zero-order valence-corrected chi connectivity index (χ0v) is 15.4. The first-order chi connectivity index (χ1) is 13.1. The summed E-state index contributed by atoms with van der Waals surface area (Å²) in [5, 5.41) is 20.5. The molecule has 8 nitrogen and oxygen atoms in total. The van der Waals surface area contributed by atoms with Crippen LogP contribution < -0.4 is 4.90 Å². The van der Waals surface area contributed by atoms with Gasteiger partial charge in [0.05, 0.1) is 11.0 Å². The average molecular weight is 369 g/mol. The molecule has 2 aliphatic heterocycles. The molecule has 0 amide bonds. The summed E-state index contributed by atoms with van der Waals surface area (Å²) in [4.78, 5) is 25.0. The molecular weight excluding hydrogens is 346 g/mol. The van der Waals surface area contributed by atoms with Gasteiger partial charge in [0.25, 0.3) is 5.69 Å². The van der Waals surface area contributed by atoms with Crippen molar-refractivity contribution in [1.29, 1.82) is 0 Å². The third-order valence-electron chi connectivity index (χ3n) is 5.58. The third kappa shape index (κ3) is 3.20. The van der Waals surface area contributed by atoms with Crippen LogP contribution in [-0.2, 0) is 13.0 Å². The molecule has 0 aliphatic carbocycles. The van der Waals surface area contributed by atoms with Crippen LogP contribution in [-0.4, -0.2) is 32.0 Å². The van der Waals surface area contributed by atoms with Crippen LogP contribution in [0.15, 0.2) is 18.2 Å². The van der Waals surface area contributed by atoms with E-state index >= 15 is 0 Å². The Hall–Kier alpha value is -2.77. The van der Waals surface area contributed by atoms with Gasteiger partial charge in [-0.05, 0) is 44.7 Å². The van der Waals surface area contributed by atoms with E-state index in [0.29, 0.717) is 11.3 Å². The topological polar surface area (TPSA) is 94.2 Å². The summed E-state index contributed by atoms with van der Waals surface area (Å²) in [6.07, 6.45) is 6.20. The molecule has 0 saturated carbocycles. The van der Waals surface area contributed by atoms with E-state index in [1.165, 1.54) is 19.4 Å². The van der Waals surface area contributed by atoms with Gasteiger partial charge in [-0.25, -0.2) is 0 Å². The Morgan fingerprint density at radius 1 is 1.19 bits per heavy atom. The van der Waals surface area contributed by atoms with Gasteiger partial charge in [0.15, 0.2) is 11.6 Å². The zero-order valence-electron chi connectivity index (χ0n) is 15.4. The predicted octanol–water partition coefficient (Wildman–Crippen LogP) is 3.46. The number of nitrogens with zero attached hydrogens (tertiary/aromatic N) is 5. The molecule has 142 valence electrons. The molecule has 0 bridgehead atoms. The maximum Gasteiger partial charge on any atom is 0.293 e. The van der Waals surface area contributed by atoms with Crippen molar-refractivity contribution in [1.82, 2.24) is 14.8 Å². The van der Waals surface area contributed by atoms with Crippen LogP contribution in [0.3, 0.4) is 0 Å². The lowest BCUT2D eigenvalue weighted by Gasteiger charge is -2.26. The Balaban J connectivity index is 1.73. The van der Waals surface area contributed by atoms with Crippen molar-refractivity contribution in [3.8, 4) is 0 Å². The van der Waals surface area contributed by atoms with Crippen LogP contribution in [0.5, 0.6) is 0 Å². The van der Waals surface area contributed by atoms with Crippen molar-refractivity contribution >= 4 is 17.2 Å². The summed E-state index contributed by atoms with van der Waals surface area (Å²) in [7, 11) is 0. The van der Waals surface area contributed by atoms with Crippen molar-refractivity contribution in [2.24, 2.45) is 0 Å². The Bertz CT molecular complexity index is 891. The standard InChI is InChI=1S/C19H23N5O3/c1-13(25)14-8-9-15(17(12-14)24(26)27)22-11-5-6-16(22)19-21-20-18-7-3-2-4-10-23(18)19/h8-9,12,16H,2-7,10-11H2,1H3/t16-/m0/s1. The number of aryl methyl sites for hydroxylation is 1. The summed E-state index contributed by atoms with van der Waals surface area (Å²) < 4.78 is 2.21. The van der Waals surface area contributed by atoms with Gasteiger partial charge in [-0.3, -0.25) is 14.9 Å². The zero-order chi connectivity index (χ0) is 19.0. The highest BCUT2D eigenvalue weighted by atomic mass is 16.6. The first kappa shape index (κ1) is 17.6. The second kappa shape index (κ2) is 7.09. The Kier molecular flexibility index (Phi) is 4.63. The monoisotopic (exact) mass is 369 g/mol. The third-order valence-corrected chi connectivity index (χ3v) is 5.58. The number of nitro benzene ring substituents is 1. The number of nitro groups is 1. The van der Waals surface area contributed by atoms with Gasteiger partial charge >= 0.3 is 0 Å². The lowest BCUT2D eigenvalue weighted by molar-refractivity contribution is -0.384. The first-order valence-electron chi connectivity index (χ1n) is 9.54. The molecule has 0 radical (unpaired) electrons. The molecule has 3 heterocycles. The van der Waals surface area contributed by atoms with Crippen molar-refractivity contribution in [2.75, 3.05) is 11.4 Å². The fourth-order valence-corrected chi connectivity index (χ4v) is 4.21. The molecule has 2 aromatic rings. The molecule has 0 unspecified atom stereocenters. The summed E-state index contributed by atoms with van der Waals surface area (Å²) in [5.74, 6) is 1.76. The largest absolute Gasteiger partial charge is 0.356 e. The van der Waals surface area contributed by atoms with Crippen LogP contribution >= 0.6 is 0 Å². The molecule has 0 spiro atoms. The van der Waals surface area contributed by atoms with Crippen molar-refractivity contribution in [3.63, 3.8) is 0 Å². The van der Waals surface area contributed by atoms with Crippen LogP contribution in [0.4, 0.5) is 11.4 Å². The van der Waals surface area contributed by atoms with E-state index < -0.39 is 4.92 Å². The van der Waals surface area contributed by atoms with Gasteiger partial charge in [0, 0.05) is 31.1 Å². The Labute approximate surface area is 157 Å². The minimum atomic E-state index is -0.401. The minimum absolute atomic E-state index is 0.0220. The van der Waals surface area contributed by atoms with Gasteiger partial charge in [0.1, 0.15) is 11.5 Å². The number of benzene rings is 1. The second-order valence-electron chi connectivity index (χ2n) is 7.30. The van der Waals surface area contributed by atoms with Crippen molar-refractivity contribution < 1.29 is 9.72 Å². The first-order valence-corrected chi connectivity index (χ1v) is 9.54. The highest BCUT2D eigenvalue weighted by molar-refractivity contribution is 5.95. The smallest absolute Gasteiger partial charge is 0.293 e. The molecule has 4 rings (SSSR count). The van der Waals surface area contributed by atoms with E-state index in [1.807, 2.05) is 0 Å². The van der Waals surface area contributed by atoms with E-state index in [9.17, 15) is 14.9 Å². The number of rotatable bonds is 4. The maximum atomic E-state index is 11.7. The molecular formula is C19H23N5O3. The van der Waals surface area contributed by atoms with E-state index in [1.54, 1.807) is 12.1 Å². The maximum absolute atomic E-state index is 11.7. The van der Waals surface area contributed by atoms with Crippen LogP contribution in [0.25, 0.3) is 0 Å². The highest BCUT2D eigenvalue weighted by Crippen LogP contribution is 2.40. The molecule has 27 heavy (non-hydrogen) atoms. The fraction of sp³-hybridized carbons (Fsp3) is 0.526. The number of carbonyl (C=O) groups is 1. The van der Waals surface area contributed by atoms with E-state index in [4.69, 9.17) is 0 Å². The molecule has 1 aromatic heterocycles. The number of anilines is 1. The summed E-state index contributed by atoms with van der Waals surface area (Å²) >= 11 is 0. The number of hydrogen-bond donors (Lipinski definition) is 0. The highest BCUT2D eigenvalue weighted by Gasteiger charge is 2.35. The van der Waals surface area contributed by atoms with Gasteiger partial charge in [-0.2, -0.15) is 0 Å². The van der Waals surface area contributed by atoms with Crippen molar-refractivity contribution in [2.45, 2.75) is 58.0 Å². The number of aromatic nitrogens is 3. The fourth-order valence-electron chi connectivity index (χ4n) is 4.21. The van der Waals surface area contributed by atoms with Crippen LogP contribution in [0, 0.1) is 10.1 Å².